The molecule has 150 valence electrons. The Balaban J connectivity index is 0. The van der Waals surface area contributed by atoms with Crippen LogP contribution in [0.3, 0.4) is 0 Å². The van der Waals surface area contributed by atoms with Crippen LogP contribution in [0.1, 0.15) is 58.3 Å². The van der Waals surface area contributed by atoms with Gasteiger partial charge in [0.2, 0.25) is 0 Å². The van der Waals surface area contributed by atoms with Gasteiger partial charge in [0.25, 0.3) is 0 Å². The summed E-state index contributed by atoms with van der Waals surface area (Å²) < 4.78 is 4.56. The molecule has 8 heteroatoms. The van der Waals surface area contributed by atoms with Crippen molar-refractivity contribution in [3.63, 3.8) is 0 Å². The highest BCUT2D eigenvalue weighted by Gasteiger charge is 2.29. The minimum atomic E-state index is -1.79. The van der Waals surface area contributed by atoms with Crippen molar-refractivity contribution in [3.8, 4) is 0 Å². The van der Waals surface area contributed by atoms with Gasteiger partial charge >= 0.3 is 5.97 Å². The number of hydrogen-bond donors (Lipinski definition) is 5. The fourth-order valence-electron chi connectivity index (χ4n) is 1.95. The normalized spacial score (nSPS) is 15.3. The SMILES string of the molecule is CCCCCCCCCC(=O)OC.O=C[C@H](O)[C@@H](O)[C@H](O)[C@H](O)CO. The Morgan fingerprint density at radius 3 is 1.92 bits per heavy atom. The molecule has 4 atom stereocenters. The fraction of sp³-hybridized carbons (Fsp3) is 0.882. The minimum absolute atomic E-state index is 0.0258. The van der Waals surface area contributed by atoms with E-state index in [9.17, 15) is 9.59 Å². The Morgan fingerprint density at radius 1 is 0.960 bits per heavy atom. The maximum atomic E-state index is 10.7. The lowest BCUT2D eigenvalue weighted by molar-refractivity contribution is -0.140. The van der Waals surface area contributed by atoms with Crippen LogP contribution in [-0.2, 0) is 14.3 Å². The maximum Gasteiger partial charge on any atom is 0.305 e. The van der Waals surface area contributed by atoms with Crippen molar-refractivity contribution in [2.75, 3.05) is 13.7 Å². The molecule has 0 saturated heterocycles. The van der Waals surface area contributed by atoms with E-state index in [1.807, 2.05) is 0 Å². The summed E-state index contributed by atoms with van der Waals surface area (Å²) in [6.07, 6.45) is 2.45. The number of aliphatic hydroxyl groups is 5. The molecule has 0 heterocycles. The Morgan fingerprint density at radius 2 is 1.48 bits per heavy atom. The number of aldehydes is 1. The van der Waals surface area contributed by atoms with E-state index in [1.165, 1.54) is 45.6 Å². The van der Waals surface area contributed by atoms with E-state index in [4.69, 9.17) is 25.5 Å². The van der Waals surface area contributed by atoms with Crippen molar-refractivity contribution in [1.29, 1.82) is 0 Å². The van der Waals surface area contributed by atoms with Crippen molar-refractivity contribution in [2.45, 2.75) is 82.7 Å². The summed E-state index contributed by atoms with van der Waals surface area (Å²) in [6, 6.07) is 0. The number of hydrogen-bond acceptors (Lipinski definition) is 8. The largest absolute Gasteiger partial charge is 0.469 e. The van der Waals surface area contributed by atoms with Gasteiger partial charge < -0.3 is 35.1 Å². The third-order valence-electron chi connectivity index (χ3n) is 3.63. The number of methoxy groups -OCH3 is 1. The molecule has 25 heavy (non-hydrogen) atoms. The van der Waals surface area contributed by atoms with Gasteiger partial charge in [-0.05, 0) is 6.42 Å². The summed E-state index contributed by atoms with van der Waals surface area (Å²) in [5, 5.41) is 43.5. The van der Waals surface area contributed by atoms with Crippen LogP contribution < -0.4 is 0 Å². The van der Waals surface area contributed by atoms with Crippen LogP contribution in [0.15, 0.2) is 0 Å². The fourth-order valence-corrected chi connectivity index (χ4v) is 1.95. The minimum Gasteiger partial charge on any atom is -0.469 e. The molecule has 0 aliphatic rings. The zero-order valence-corrected chi connectivity index (χ0v) is 15.2. The number of aliphatic hydroxyl groups excluding tert-OH is 5. The molecule has 0 unspecified atom stereocenters. The van der Waals surface area contributed by atoms with Gasteiger partial charge in [-0.25, -0.2) is 0 Å². The maximum absolute atomic E-state index is 10.7. The molecule has 0 aromatic carbocycles. The van der Waals surface area contributed by atoms with Gasteiger partial charge in [0.1, 0.15) is 24.4 Å². The number of unbranched alkanes of at least 4 members (excludes halogenated alkanes) is 6. The van der Waals surface area contributed by atoms with E-state index in [-0.39, 0.29) is 12.3 Å². The number of ether oxygens (including phenoxy) is 1. The molecule has 0 amide bonds. The third kappa shape index (κ3) is 14.9. The predicted molar refractivity (Wildman–Crippen MR) is 91.8 cm³/mol. The van der Waals surface area contributed by atoms with Gasteiger partial charge in [-0.1, -0.05) is 45.4 Å². The zero-order valence-electron chi connectivity index (χ0n) is 15.2. The smallest absolute Gasteiger partial charge is 0.305 e. The van der Waals surface area contributed by atoms with Gasteiger partial charge in [0, 0.05) is 6.42 Å². The highest BCUT2D eigenvalue weighted by atomic mass is 16.5. The predicted octanol–water partition coefficient (Wildman–Crippen LogP) is -0.0787. The summed E-state index contributed by atoms with van der Waals surface area (Å²) in [5.41, 5.74) is 0. The lowest BCUT2D eigenvalue weighted by atomic mass is 10.0. The van der Waals surface area contributed by atoms with Gasteiger partial charge in [0.05, 0.1) is 13.7 Å². The molecule has 0 saturated carbocycles. The number of rotatable bonds is 13. The van der Waals surface area contributed by atoms with Crippen LogP contribution in [-0.4, -0.2) is 75.9 Å². The number of carbonyl (C=O) groups excluding carboxylic acids is 2. The molecule has 5 N–H and O–H groups in total. The molecule has 8 nitrogen and oxygen atoms in total. The summed E-state index contributed by atoms with van der Waals surface area (Å²) >= 11 is 0. The monoisotopic (exact) mass is 366 g/mol. The summed E-state index contributed by atoms with van der Waals surface area (Å²) in [7, 11) is 1.45. The van der Waals surface area contributed by atoms with Gasteiger partial charge in [0.15, 0.2) is 6.29 Å². The molecule has 0 radical (unpaired) electrons. The van der Waals surface area contributed by atoms with Crippen molar-refractivity contribution in [3.05, 3.63) is 0 Å². The van der Waals surface area contributed by atoms with Crippen LogP contribution >= 0.6 is 0 Å². The lowest BCUT2D eigenvalue weighted by Crippen LogP contribution is -2.46. The van der Waals surface area contributed by atoms with E-state index in [2.05, 4.69) is 11.7 Å². The van der Waals surface area contributed by atoms with E-state index < -0.39 is 31.0 Å². The second-order valence-electron chi connectivity index (χ2n) is 5.81. The van der Waals surface area contributed by atoms with Crippen LogP contribution in [0.2, 0.25) is 0 Å². The molecular formula is C17H34O8. The molecular weight excluding hydrogens is 332 g/mol. The molecule has 0 aliphatic heterocycles. The summed E-state index contributed by atoms with van der Waals surface area (Å²) in [4.78, 5) is 20.6. The Hall–Kier alpha value is -1.06. The zero-order chi connectivity index (χ0) is 19.7. The number of esters is 1. The van der Waals surface area contributed by atoms with Crippen LogP contribution in [0.4, 0.5) is 0 Å². The highest BCUT2D eigenvalue weighted by Crippen LogP contribution is 2.08. The Labute approximate surface area is 149 Å². The standard InChI is InChI=1S/C11H22O2.C6H12O6/c1-3-4-5-6-7-8-9-10-11(12)13-2;7-1-3(9)5(11)6(12)4(10)2-8/h3-10H2,1-2H3;1,3-6,8-12H,2H2/t;3-,4+,5+,6+/m.0/s1. The first-order valence-corrected chi connectivity index (χ1v) is 8.70. The molecule has 0 fully saturated rings. The van der Waals surface area contributed by atoms with E-state index in [0.29, 0.717) is 6.42 Å². The van der Waals surface area contributed by atoms with Crippen LogP contribution in [0.5, 0.6) is 0 Å². The highest BCUT2D eigenvalue weighted by molar-refractivity contribution is 5.68. The molecule has 0 rings (SSSR count). The summed E-state index contributed by atoms with van der Waals surface area (Å²) in [5.74, 6) is -0.0754. The third-order valence-corrected chi connectivity index (χ3v) is 3.63. The first-order chi connectivity index (χ1) is 11.8. The average molecular weight is 366 g/mol. The first kappa shape index (κ1) is 26.2. The Bertz CT molecular complexity index is 324. The second kappa shape index (κ2) is 17.8. The van der Waals surface area contributed by atoms with Gasteiger partial charge in [-0.2, -0.15) is 0 Å². The van der Waals surface area contributed by atoms with Crippen LogP contribution in [0.25, 0.3) is 0 Å². The molecule has 0 aromatic heterocycles. The average Bonchev–Trinajstić information content (AvgIpc) is 2.64. The van der Waals surface area contributed by atoms with E-state index in [1.54, 1.807) is 0 Å². The van der Waals surface area contributed by atoms with Gasteiger partial charge in [-0.3, -0.25) is 4.79 Å². The molecule has 0 aliphatic carbocycles. The summed E-state index contributed by atoms with van der Waals surface area (Å²) in [6.45, 7) is 1.46. The molecule has 0 spiro atoms. The molecule has 0 aromatic rings. The number of carbonyl (C=O) groups is 2. The van der Waals surface area contributed by atoms with E-state index >= 15 is 0 Å². The molecule has 0 bridgehead atoms. The Kier molecular flexibility index (Phi) is 18.6. The van der Waals surface area contributed by atoms with Crippen molar-refractivity contribution >= 4 is 12.3 Å². The van der Waals surface area contributed by atoms with Crippen molar-refractivity contribution in [1.82, 2.24) is 0 Å². The topological polar surface area (TPSA) is 145 Å². The first-order valence-electron chi connectivity index (χ1n) is 8.70. The van der Waals surface area contributed by atoms with Crippen LogP contribution in [0, 0.1) is 0 Å². The lowest BCUT2D eigenvalue weighted by Gasteiger charge is -2.22. The van der Waals surface area contributed by atoms with E-state index in [0.717, 1.165) is 6.42 Å². The van der Waals surface area contributed by atoms with Crippen molar-refractivity contribution in [2.24, 2.45) is 0 Å². The second-order valence-corrected chi connectivity index (χ2v) is 5.81. The van der Waals surface area contributed by atoms with Gasteiger partial charge in [-0.15, -0.1) is 0 Å². The quantitative estimate of drug-likeness (QED) is 0.173. The van der Waals surface area contributed by atoms with Crippen molar-refractivity contribution < 1.29 is 39.9 Å².